The van der Waals surface area contributed by atoms with E-state index in [1.54, 1.807) is 30.5 Å². The number of halogens is 1. The molecule has 0 aliphatic rings. The highest BCUT2D eigenvalue weighted by Gasteiger charge is 2.16. The van der Waals surface area contributed by atoms with Crippen molar-refractivity contribution in [1.82, 2.24) is 4.98 Å². The van der Waals surface area contributed by atoms with Gasteiger partial charge in [-0.1, -0.05) is 11.6 Å². The lowest BCUT2D eigenvalue weighted by Crippen LogP contribution is -2.08. The summed E-state index contributed by atoms with van der Waals surface area (Å²) >= 11 is 6.18. The Kier molecular flexibility index (Phi) is 3.18. The maximum Gasteiger partial charge on any atom is 0.338 e. The molecule has 0 atom stereocenters. The Labute approximate surface area is 125 Å². The number of aromatic nitrogens is 1. The van der Waals surface area contributed by atoms with E-state index in [1.165, 1.54) is 7.11 Å². The first-order valence-electron chi connectivity index (χ1n) is 6.35. The topological polar surface area (TPSA) is 59.2 Å². The van der Waals surface area contributed by atoms with Crippen LogP contribution in [0.5, 0.6) is 0 Å². The lowest BCUT2D eigenvalue weighted by atomic mass is 9.97. The summed E-state index contributed by atoms with van der Waals surface area (Å²) in [5.41, 5.74) is 1.04. The van der Waals surface area contributed by atoms with E-state index in [0.717, 1.165) is 5.56 Å². The molecule has 4 nitrogen and oxygen atoms in total. The van der Waals surface area contributed by atoms with Crippen LogP contribution in [-0.4, -0.2) is 18.1 Å². The van der Waals surface area contributed by atoms with Crippen molar-refractivity contribution in [3.8, 4) is 0 Å². The molecule has 1 aromatic heterocycles. The third-order valence-corrected chi connectivity index (χ3v) is 3.96. The summed E-state index contributed by atoms with van der Waals surface area (Å²) in [6.07, 6.45) is 1.55. The van der Waals surface area contributed by atoms with Crippen LogP contribution >= 0.6 is 11.6 Å². The average molecular weight is 302 g/mol. The van der Waals surface area contributed by atoms with E-state index in [0.29, 0.717) is 32.1 Å². The molecule has 0 unspecified atom stereocenters. The number of carbonyl (C=O) groups excluding carboxylic acids is 1. The Morgan fingerprint density at radius 3 is 2.71 bits per heavy atom. The monoisotopic (exact) mass is 301 g/mol. The highest BCUT2D eigenvalue weighted by molar-refractivity contribution is 6.33. The SMILES string of the molecule is COC(=O)c1cc2cc[nH]c(=O)c2c2cc(Cl)c(C)cc12. The Morgan fingerprint density at radius 2 is 2.00 bits per heavy atom. The minimum absolute atomic E-state index is 0.214. The van der Waals surface area contributed by atoms with Gasteiger partial charge in [0, 0.05) is 11.2 Å². The van der Waals surface area contributed by atoms with Crippen LogP contribution in [-0.2, 0) is 4.74 Å². The first kappa shape index (κ1) is 13.6. The molecule has 0 aliphatic carbocycles. The molecule has 21 heavy (non-hydrogen) atoms. The van der Waals surface area contributed by atoms with Gasteiger partial charge < -0.3 is 9.72 Å². The number of carbonyl (C=O) groups is 1. The maximum atomic E-state index is 12.1. The molecule has 0 bridgehead atoms. The summed E-state index contributed by atoms with van der Waals surface area (Å²) in [4.78, 5) is 26.8. The number of fused-ring (bicyclic) bond motifs is 3. The molecule has 1 heterocycles. The predicted molar refractivity (Wildman–Crippen MR) is 83.2 cm³/mol. The first-order valence-corrected chi connectivity index (χ1v) is 6.73. The smallest absolute Gasteiger partial charge is 0.338 e. The highest BCUT2D eigenvalue weighted by Crippen LogP contribution is 2.31. The van der Waals surface area contributed by atoms with Crippen LogP contribution in [0.1, 0.15) is 15.9 Å². The van der Waals surface area contributed by atoms with E-state index in [1.807, 2.05) is 6.92 Å². The van der Waals surface area contributed by atoms with E-state index < -0.39 is 5.97 Å². The minimum Gasteiger partial charge on any atom is -0.465 e. The van der Waals surface area contributed by atoms with Crippen molar-refractivity contribution in [3.05, 3.63) is 57.0 Å². The van der Waals surface area contributed by atoms with Gasteiger partial charge in [0.2, 0.25) is 0 Å². The number of hydrogen-bond acceptors (Lipinski definition) is 3. The summed E-state index contributed by atoms with van der Waals surface area (Å²) in [6.45, 7) is 1.85. The number of ether oxygens (including phenoxy) is 1. The minimum atomic E-state index is -0.441. The van der Waals surface area contributed by atoms with Crippen LogP contribution < -0.4 is 5.56 Å². The molecular formula is C16H12ClNO3. The molecule has 0 fully saturated rings. The molecule has 1 N–H and O–H groups in total. The number of methoxy groups -OCH3 is 1. The van der Waals surface area contributed by atoms with Crippen molar-refractivity contribution in [1.29, 1.82) is 0 Å². The van der Waals surface area contributed by atoms with Gasteiger partial charge in [-0.2, -0.15) is 0 Å². The predicted octanol–water partition coefficient (Wildman–Crippen LogP) is 3.43. The van der Waals surface area contributed by atoms with Crippen molar-refractivity contribution < 1.29 is 9.53 Å². The van der Waals surface area contributed by atoms with E-state index in [9.17, 15) is 9.59 Å². The van der Waals surface area contributed by atoms with Crippen molar-refractivity contribution in [3.63, 3.8) is 0 Å². The number of esters is 1. The van der Waals surface area contributed by atoms with Gasteiger partial charge in [-0.05, 0) is 52.9 Å². The maximum absolute atomic E-state index is 12.1. The average Bonchev–Trinajstić information content (AvgIpc) is 2.47. The Morgan fingerprint density at radius 1 is 1.24 bits per heavy atom. The molecule has 2 aromatic carbocycles. The van der Waals surface area contributed by atoms with E-state index >= 15 is 0 Å². The van der Waals surface area contributed by atoms with Gasteiger partial charge >= 0.3 is 5.97 Å². The van der Waals surface area contributed by atoms with E-state index in [2.05, 4.69) is 4.98 Å². The molecule has 3 rings (SSSR count). The fourth-order valence-corrected chi connectivity index (χ4v) is 2.68. The summed E-state index contributed by atoms with van der Waals surface area (Å²) in [6, 6.07) is 6.94. The third-order valence-electron chi connectivity index (χ3n) is 3.56. The van der Waals surface area contributed by atoms with Crippen molar-refractivity contribution >= 4 is 39.1 Å². The fourth-order valence-electron chi connectivity index (χ4n) is 2.52. The van der Waals surface area contributed by atoms with Crippen LogP contribution in [0.15, 0.2) is 35.3 Å². The Balaban J connectivity index is 2.61. The molecule has 0 saturated heterocycles. The number of hydrogen-bond donors (Lipinski definition) is 1. The zero-order valence-corrected chi connectivity index (χ0v) is 12.2. The van der Waals surface area contributed by atoms with Crippen molar-refractivity contribution in [2.75, 3.05) is 7.11 Å². The number of aryl methyl sites for hydroxylation is 1. The van der Waals surface area contributed by atoms with Crippen molar-refractivity contribution in [2.24, 2.45) is 0 Å². The molecule has 106 valence electrons. The second kappa shape index (κ2) is 4.90. The van der Waals surface area contributed by atoms with Gasteiger partial charge in [-0.3, -0.25) is 4.79 Å². The number of rotatable bonds is 1. The fraction of sp³-hybridized carbons (Fsp3) is 0.125. The molecular weight excluding hydrogens is 290 g/mol. The molecule has 0 saturated carbocycles. The van der Waals surface area contributed by atoms with Gasteiger partial charge in [0.05, 0.1) is 18.1 Å². The zero-order chi connectivity index (χ0) is 15.1. The molecule has 0 aliphatic heterocycles. The molecule has 5 heteroatoms. The van der Waals surface area contributed by atoms with Gasteiger partial charge in [0.15, 0.2) is 0 Å². The molecule has 3 aromatic rings. The number of aromatic amines is 1. The van der Waals surface area contributed by atoms with Crippen LogP contribution in [0, 0.1) is 6.92 Å². The van der Waals surface area contributed by atoms with E-state index in [4.69, 9.17) is 16.3 Å². The molecule has 0 amide bonds. The Bertz CT molecular complexity index is 944. The lowest BCUT2D eigenvalue weighted by molar-refractivity contribution is 0.0603. The third kappa shape index (κ3) is 2.08. The zero-order valence-electron chi connectivity index (χ0n) is 11.5. The van der Waals surface area contributed by atoms with Gasteiger partial charge in [-0.25, -0.2) is 4.79 Å². The van der Waals surface area contributed by atoms with Crippen molar-refractivity contribution in [2.45, 2.75) is 6.92 Å². The van der Waals surface area contributed by atoms with Crippen LogP contribution in [0.2, 0.25) is 5.02 Å². The first-order chi connectivity index (χ1) is 10.0. The standard InChI is InChI=1S/C16H12ClNO3/c1-8-5-10-11(7-13(8)17)14-9(3-4-18-15(14)19)6-12(10)16(20)21-2/h3-7H,1-2H3,(H,18,19). The van der Waals surface area contributed by atoms with Crippen LogP contribution in [0.25, 0.3) is 21.5 Å². The van der Waals surface area contributed by atoms with E-state index in [-0.39, 0.29) is 5.56 Å². The largest absolute Gasteiger partial charge is 0.465 e. The number of H-pyrrole nitrogens is 1. The second-order valence-corrected chi connectivity index (χ2v) is 5.24. The molecule has 0 spiro atoms. The van der Waals surface area contributed by atoms with Crippen LogP contribution in [0.4, 0.5) is 0 Å². The summed E-state index contributed by atoms with van der Waals surface area (Å²) in [5, 5.41) is 3.04. The van der Waals surface area contributed by atoms with Gasteiger partial charge in [0.1, 0.15) is 0 Å². The normalized spacial score (nSPS) is 11.0. The Hall–Kier alpha value is -2.33. The summed E-state index contributed by atoms with van der Waals surface area (Å²) in [7, 11) is 1.33. The second-order valence-electron chi connectivity index (χ2n) is 4.83. The van der Waals surface area contributed by atoms with Gasteiger partial charge in [0.25, 0.3) is 5.56 Å². The van der Waals surface area contributed by atoms with Gasteiger partial charge in [-0.15, -0.1) is 0 Å². The molecule has 0 radical (unpaired) electrons. The lowest BCUT2D eigenvalue weighted by Gasteiger charge is -2.10. The quantitative estimate of drug-likeness (QED) is 0.553. The number of nitrogens with one attached hydrogen (secondary N) is 1. The number of pyridine rings is 1. The number of benzene rings is 2. The highest BCUT2D eigenvalue weighted by atomic mass is 35.5. The summed E-state index contributed by atoms with van der Waals surface area (Å²) in [5.74, 6) is -0.441. The van der Waals surface area contributed by atoms with Crippen LogP contribution in [0.3, 0.4) is 0 Å². The summed E-state index contributed by atoms with van der Waals surface area (Å²) < 4.78 is 4.84.